The van der Waals surface area contributed by atoms with Crippen molar-refractivity contribution >= 4 is 5.97 Å². The summed E-state index contributed by atoms with van der Waals surface area (Å²) in [5.41, 5.74) is 0. The van der Waals surface area contributed by atoms with E-state index >= 15 is 0 Å². The van der Waals surface area contributed by atoms with E-state index in [9.17, 15) is 4.79 Å². The van der Waals surface area contributed by atoms with Gasteiger partial charge in [-0.3, -0.25) is 4.79 Å². The summed E-state index contributed by atoms with van der Waals surface area (Å²) in [6, 6.07) is 0. The predicted octanol–water partition coefficient (Wildman–Crippen LogP) is 2.14. The minimum atomic E-state index is -0.214. The average Bonchev–Trinajstić information content (AvgIpc) is 2.16. The van der Waals surface area contributed by atoms with Gasteiger partial charge in [0.2, 0.25) is 0 Å². The van der Waals surface area contributed by atoms with Crippen LogP contribution in [0.15, 0.2) is 0 Å². The summed E-state index contributed by atoms with van der Waals surface area (Å²) in [5.74, 6) is 0.255. The van der Waals surface area contributed by atoms with Gasteiger partial charge in [0, 0.05) is 6.61 Å². The van der Waals surface area contributed by atoms with Crippen molar-refractivity contribution in [3.63, 3.8) is 0 Å². The Balaban J connectivity index is 4.17. The second-order valence-corrected chi connectivity index (χ2v) is 4.72. The van der Waals surface area contributed by atoms with Crippen molar-refractivity contribution < 1.29 is 19.4 Å². The monoisotopic (exact) mass is 246 g/mol. The number of esters is 1. The van der Waals surface area contributed by atoms with Crippen LogP contribution >= 0.6 is 0 Å². The SMILES string of the molecule is CCOC(=O)C[C@@H](CC(C)C)O[C@@H](C)CCO. The number of aliphatic hydroxyl groups is 1. The van der Waals surface area contributed by atoms with Crippen molar-refractivity contribution in [1.82, 2.24) is 0 Å². The summed E-state index contributed by atoms with van der Waals surface area (Å²) < 4.78 is 10.7. The Bertz CT molecular complexity index is 204. The summed E-state index contributed by atoms with van der Waals surface area (Å²) in [6.07, 6.45) is 1.57. The van der Waals surface area contributed by atoms with Crippen LogP contribution < -0.4 is 0 Å². The van der Waals surface area contributed by atoms with Crippen molar-refractivity contribution in [2.24, 2.45) is 5.92 Å². The Morgan fingerprint density at radius 1 is 1.29 bits per heavy atom. The van der Waals surface area contributed by atoms with E-state index in [-0.39, 0.29) is 24.8 Å². The van der Waals surface area contributed by atoms with Gasteiger partial charge >= 0.3 is 5.97 Å². The minimum absolute atomic E-state index is 0.0295. The van der Waals surface area contributed by atoms with Crippen molar-refractivity contribution in [1.29, 1.82) is 0 Å². The van der Waals surface area contributed by atoms with Gasteiger partial charge < -0.3 is 14.6 Å². The first-order valence-electron chi connectivity index (χ1n) is 6.41. The molecule has 0 aromatic rings. The Morgan fingerprint density at radius 2 is 1.94 bits per heavy atom. The second-order valence-electron chi connectivity index (χ2n) is 4.72. The summed E-state index contributed by atoms with van der Waals surface area (Å²) in [4.78, 5) is 11.4. The molecule has 0 spiro atoms. The van der Waals surface area contributed by atoms with E-state index in [1.165, 1.54) is 0 Å². The van der Waals surface area contributed by atoms with E-state index in [4.69, 9.17) is 14.6 Å². The van der Waals surface area contributed by atoms with Crippen LogP contribution in [0.2, 0.25) is 0 Å². The molecule has 2 atom stereocenters. The fraction of sp³-hybridized carbons (Fsp3) is 0.923. The lowest BCUT2D eigenvalue weighted by Gasteiger charge is -2.23. The Kier molecular flexibility index (Phi) is 9.09. The molecule has 0 rings (SSSR count). The third kappa shape index (κ3) is 9.12. The molecular formula is C13H26O4. The van der Waals surface area contributed by atoms with Gasteiger partial charge in [-0.25, -0.2) is 0 Å². The number of carbonyl (C=O) groups excluding carboxylic acids is 1. The van der Waals surface area contributed by atoms with Crippen molar-refractivity contribution in [2.75, 3.05) is 13.2 Å². The molecule has 0 bridgehead atoms. The molecule has 4 heteroatoms. The van der Waals surface area contributed by atoms with Crippen LogP contribution in [0.5, 0.6) is 0 Å². The number of hydrogen-bond acceptors (Lipinski definition) is 4. The zero-order valence-corrected chi connectivity index (χ0v) is 11.4. The van der Waals surface area contributed by atoms with Crippen LogP contribution in [0.25, 0.3) is 0 Å². The molecule has 0 aromatic carbocycles. The standard InChI is InChI=1S/C13H26O4/c1-5-16-13(15)9-12(8-10(2)3)17-11(4)6-7-14/h10-12,14H,5-9H2,1-4H3/t11-,12+/m0/s1. The summed E-state index contributed by atoms with van der Waals surface area (Å²) in [7, 11) is 0. The number of rotatable bonds is 9. The normalized spacial score (nSPS) is 14.7. The molecule has 0 radical (unpaired) electrons. The van der Waals surface area contributed by atoms with Crippen LogP contribution in [0.4, 0.5) is 0 Å². The van der Waals surface area contributed by atoms with Crippen LogP contribution in [0.1, 0.15) is 47.0 Å². The number of carbonyl (C=O) groups is 1. The highest BCUT2D eigenvalue weighted by molar-refractivity contribution is 5.69. The third-order valence-electron chi connectivity index (χ3n) is 2.39. The van der Waals surface area contributed by atoms with Crippen LogP contribution in [-0.4, -0.2) is 36.5 Å². The lowest BCUT2D eigenvalue weighted by Crippen LogP contribution is -2.26. The van der Waals surface area contributed by atoms with Crippen molar-refractivity contribution in [2.45, 2.75) is 59.2 Å². The van der Waals surface area contributed by atoms with Crippen molar-refractivity contribution in [3.05, 3.63) is 0 Å². The number of aliphatic hydroxyl groups excluding tert-OH is 1. The predicted molar refractivity (Wildman–Crippen MR) is 66.7 cm³/mol. The molecule has 0 aliphatic carbocycles. The smallest absolute Gasteiger partial charge is 0.308 e. The molecular weight excluding hydrogens is 220 g/mol. The highest BCUT2D eigenvalue weighted by Crippen LogP contribution is 2.15. The van der Waals surface area contributed by atoms with E-state index in [1.807, 2.05) is 6.92 Å². The van der Waals surface area contributed by atoms with Gasteiger partial charge in [-0.15, -0.1) is 0 Å². The molecule has 0 saturated heterocycles. The number of hydrogen-bond donors (Lipinski definition) is 1. The first-order valence-corrected chi connectivity index (χ1v) is 6.41. The fourth-order valence-corrected chi connectivity index (χ4v) is 1.70. The van der Waals surface area contributed by atoms with Gasteiger partial charge in [0.25, 0.3) is 0 Å². The minimum Gasteiger partial charge on any atom is -0.466 e. The number of ether oxygens (including phenoxy) is 2. The lowest BCUT2D eigenvalue weighted by atomic mass is 10.0. The highest BCUT2D eigenvalue weighted by atomic mass is 16.5. The molecule has 0 heterocycles. The molecule has 0 amide bonds. The first-order chi connectivity index (χ1) is 7.99. The van der Waals surface area contributed by atoms with Gasteiger partial charge in [0.1, 0.15) is 0 Å². The van der Waals surface area contributed by atoms with Gasteiger partial charge in [0.15, 0.2) is 0 Å². The molecule has 0 aliphatic heterocycles. The first kappa shape index (κ1) is 16.4. The van der Waals surface area contributed by atoms with Crippen LogP contribution in [-0.2, 0) is 14.3 Å². The van der Waals surface area contributed by atoms with Gasteiger partial charge in [-0.1, -0.05) is 13.8 Å². The van der Waals surface area contributed by atoms with Crippen LogP contribution in [0, 0.1) is 5.92 Å². The zero-order valence-electron chi connectivity index (χ0n) is 11.4. The molecule has 17 heavy (non-hydrogen) atoms. The molecule has 0 aromatic heterocycles. The average molecular weight is 246 g/mol. The summed E-state index contributed by atoms with van der Waals surface area (Å²) >= 11 is 0. The lowest BCUT2D eigenvalue weighted by molar-refractivity contribution is -0.147. The molecule has 0 fully saturated rings. The van der Waals surface area contributed by atoms with E-state index in [2.05, 4.69) is 13.8 Å². The van der Waals surface area contributed by atoms with Gasteiger partial charge in [0.05, 0.1) is 25.2 Å². The molecule has 0 aliphatic rings. The third-order valence-corrected chi connectivity index (χ3v) is 2.39. The maximum absolute atomic E-state index is 11.4. The van der Waals surface area contributed by atoms with E-state index < -0.39 is 0 Å². The summed E-state index contributed by atoms with van der Waals surface area (Å²) in [5, 5.41) is 8.83. The quantitative estimate of drug-likeness (QED) is 0.633. The van der Waals surface area contributed by atoms with Crippen LogP contribution in [0.3, 0.4) is 0 Å². The maximum Gasteiger partial charge on any atom is 0.308 e. The second kappa shape index (κ2) is 9.42. The van der Waals surface area contributed by atoms with Crippen molar-refractivity contribution in [3.8, 4) is 0 Å². The Labute approximate surface area is 104 Å². The van der Waals surface area contributed by atoms with E-state index in [0.29, 0.717) is 25.4 Å². The summed E-state index contributed by atoms with van der Waals surface area (Å²) in [6.45, 7) is 8.41. The molecule has 102 valence electrons. The van der Waals surface area contributed by atoms with E-state index in [0.717, 1.165) is 6.42 Å². The van der Waals surface area contributed by atoms with Gasteiger partial charge in [-0.2, -0.15) is 0 Å². The highest BCUT2D eigenvalue weighted by Gasteiger charge is 2.19. The van der Waals surface area contributed by atoms with E-state index in [1.54, 1.807) is 6.92 Å². The zero-order chi connectivity index (χ0) is 13.3. The molecule has 1 N–H and O–H groups in total. The molecule has 0 unspecified atom stereocenters. The molecule has 4 nitrogen and oxygen atoms in total. The largest absolute Gasteiger partial charge is 0.466 e. The maximum atomic E-state index is 11.4. The Morgan fingerprint density at radius 3 is 2.41 bits per heavy atom. The Hall–Kier alpha value is -0.610. The van der Waals surface area contributed by atoms with Gasteiger partial charge in [-0.05, 0) is 32.6 Å². The topological polar surface area (TPSA) is 55.8 Å². The fourth-order valence-electron chi connectivity index (χ4n) is 1.70. The molecule has 0 saturated carbocycles.